The van der Waals surface area contributed by atoms with E-state index < -0.39 is 24.4 Å². The molecule has 0 amide bonds. The lowest BCUT2D eigenvalue weighted by atomic mass is 9.48. The Morgan fingerprint density at radius 1 is 0.971 bits per heavy atom. The summed E-state index contributed by atoms with van der Waals surface area (Å²) in [5.74, 6) is 1.01. The molecule has 0 bridgehead atoms. The summed E-state index contributed by atoms with van der Waals surface area (Å²) < 4.78 is 5.88. The molecular formula is C29H50O6. The van der Waals surface area contributed by atoms with Crippen molar-refractivity contribution in [3.63, 3.8) is 0 Å². The maximum Gasteiger partial charge on any atom is 0.309 e. The van der Waals surface area contributed by atoms with Crippen LogP contribution in [0, 0.1) is 58.2 Å². The summed E-state index contributed by atoms with van der Waals surface area (Å²) in [4.78, 5) is 13.0. The van der Waals surface area contributed by atoms with Gasteiger partial charge in [-0.3, -0.25) is 4.79 Å². The van der Waals surface area contributed by atoms with Crippen LogP contribution in [0.1, 0.15) is 86.5 Å². The van der Waals surface area contributed by atoms with E-state index in [9.17, 15) is 25.2 Å². The Hall–Kier alpha value is -0.690. The molecule has 3 aliphatic carbocycles. The largest absolute Gasteiger partial charge is 0.465 e. The van der Waals surface area contributed by atoms with Gasteiger partial charge in [0.2, 0.25) is 0 Å². The van der Waals surface area contributed by atoms with Crippen molar-refractivity contribution in [3.05, 3.63) is 0 Å². The molecule has 3 saturated carbocycles. The van der Waals surface area contributed by atoms with Crippen LogP contribution < -0.4 is 0 Å². The summed E-state index contributed by atoms with van der Waals surface area (Å²) in [7, 11) is 0. The van der Waals surface area contributed by atoms with Crippen LogP contribution in [-0.4, -0.2) is 57.4 Å². The maximum atomic E-state index is 13.0. The van der Waals surface area contributed by atoms with Crippen molar-refractivity contribution in [3.8, 4) is 0 Å². The van der Waals surface area contributed by atoms with Crippen molar-refractivity contribution in [2.24, 2.45) is 58.2 Å². The number of hydrogen-bond donors (Lipinski definition) is 4. The average Bonchev–Trinajstić information content (AvgIpc) is 3.11. The molecule has 1 aliphatic heterocycles. The fraction of sp³-hybridized carbons (Fsp3) is 0.966. The van der Waals surface area contributed by atoms with E-state index in [0.717, 1.165) is 32.1 Å². The van der Waals surface area contributed by atoms with Crippen LogP contribution in [-0.2, 0) is 9.53 Å². The minimum Gasteiger partial charge on any atom is -0.465 e. The molecule has 0 radical (unpaired) electrons. The molecule has 0 aromatic rings. The van der Waals surface area contributed by atoms with Gasteiger partial charge >= 0.3 is 5.97 Å². The van der Waals surface area contributed by atoms with Crippen molar-refractivity contribution >= 4 is 5.97 Å². The zero-order valence-corrected chi connectivity index (χ0v) is 22.7. The highest BCUT2D eigenvalue weighted by atomic mass is 16.5. The predicted octanol–water partition coefficient (Wildman–Crippen LogP) is 3.78. The molecule has 202 valence electrons. The summed E-state index contributed by atoms with van der Waals surface area (Å²) in [6, 6.07) is 0. The summed E-state index contributed by atoms with van der Waals surface area (Å²) in [5.41, 5.74) is -0.348. The topological polar surface area (TPSA) is 107 Å². The fourth-order valence-corrected chi connectivity index (χ4v) is 9.60. The third-order valence-corrected chi connectivity index (χ3v) is 11.7. The second-order valence-electron chi connectivity index (χ2n) is 13.5. The van der Waals surface area contributed by atoms with Gasteiger partial charge in [0.15, 0.2) is 0 Å². The van der Waals surface area contributed by atoms with Gasteiger partial charge in [-0.1, -0.05) is 48.0 Å². The standard InChI is InChI=1S/C29H50O6/c1-7-17(15(2)3)26(33)25(32)16(4)19-8-9-20-18-14-35-27(34)22-12-23(30)24(31)13-29(22,6)21(18)10-11-28(19,20)5/h15-26,30-33H,7-14H2,1-6H3/t16-,17-,18?,19+,20?,21?,22+,23-,24+,25+,26+,28+,29+/m0/s1. The van der Waals surface area contributed by atoms with E-state index >= 15 is 0 Å². The van der Waals surface area contributed by atoms with E-state index in [1.165, 1.54) is 0 Å². The quantitative estimate of drug-likeness (QED) is 0.419. The summed E-state index contributed by atoms with van der Waals surface area (Å²) >= 11 is 0. The molecule has 35 heavy (non-hydrogen) atoms. The molecule has 0 aromatic carbocycles. The number of aliphatic hydroxyl groups is 4. The Morgan fingerprint density at radius 3 is 2.26 bits per heavy atom. The Morgan fingerprint density at radius 2 is 1.63 bits per heavy atom. The van der Waals surface area contributed by atoms with Gasteiger partial charge in [0.1, 0.15) is 0 Å². The molecule has 1 saturated heterocycles. The zero-order valence-electron chi connectivity index (χ0n) is 22.7. The smallest absolute Gasteiger partial charge is 0.309 e. The van der Waals surface area contributed by atoms with Crippen molar-refractivity contribution < 1.29 is 30.0 Å². The lowest BCUT2D eigenvalue weighted by molar-refractivity contribution is -0.162. The highest BCUT2D eigenvalue weighted by Crippen LogP contribution is 2.66. The number of esters is 1. The van der Waals surface area contributed by atoms with E-state index in [2.05, 4.69) is 41.5 Å². The molecule has 0 spiro atoms. The van der Waals surface area contributed by atoms with Crippen molar-refractivity contribution in [1.82, 2.24) is 0 Å². The van der Waals surface area contributed by atoms with Gasteiger partial charge < -0.3 is 25.2 Å². The Bertz CT molecular complexity index is 770. The number of ether oxygens (including phenoxy) is 1. The second kappa shape index (κ2) is 9.89. The number of carbonyl (C=O) groups excluding carboxylic acids is 1. The Labute approximate surface area is 211 Å². The molecule has 4 fully saturated rings. The third-order valence-electron chi connectivity index (χ3n) is 11.7. The van der Waals surface area contributed by atoms with Gasteiger partial charge in [0.05, 0.1) is 36.9 Å². The summed E-state index contributed by atoms with van der Waals surface area (Å²) in [5, 5.41) is 43.2. The molecule has 3 unspecified atom stereocenters. The van der Waals surface area contributed by atoms with E-state index in [1.54, 1.807) is 0 Å². The number of carbonyl (C=O) groups is 1. The van der Waals surface area contributed by atoms with Crippen molar-refractivity contribution in [1.29, 1.82) is 0 Å². The molecule has 13 atom stereocenters. The molecule has 1 heterocycles. The van der Waals surface area contributed by atoms with Crippen molar-refractivity contribution in [2.45, 2.75) is 111 Å². The second-order valence-corrected chi connectivity index (χ2v) is 13.5. The van der Waals surface area contributed by atoms with Crippen LogP contribution in [0.15, 0.2) is 0 Å². The van der Waals surface area contributed by atoms with Crippen LogP contribution in [0.4, 0.5) is 0 Å². The number of fused-ring (bicyclic) bond motifs is 5. The maximum absolute atomic E-state index is 13.0. The van der Waals surface area contributed by atoms with Crippen molar-refractivity contribution in [2.75, 3.05) is 6.61 Å². The van der Waals surface area contributed by atoms with Crippen LogP contribution >= 0.6 is 0 Å². The van der Waals surface area contributed by atoms with Gasteiger partial charge in [-0.15, -0.1) is 0 Å². The average molecular weight is 495 g/mol. The molecule has 4 aliphatic rings. The van der Waals surface area contributed by atoms with Gasteiger partial charge in [-0.25, -0.2) is 0 Å². The normalized spacial score (nSPS) is 47.1. The summed E-state index contributed by atoms with van der Waals surface area (Å²) in [6.07, 6.45) is 2.49. The van der Waals surface area contributed by atoms with E-state index in [0.29, 0.717) is 30.8 Å². The van der Waals surface area contributed by atoms with E-state index in [4.69, 9.17) is 4.74 Å². The molecule has 4 N–H and O–H groups in total. The molecule has 6 heteroatoms. The fourth-order valence-electron chi connectivity index (χ4n) is 9.60. The number of hydrogen-bond acceptors (Lipinski definition) is 6. The van der Waals surface area contributed by atoms with Gasteiger partial charge in [-0.2, -0.15) is 0 Å². The molecular weight excluding hydrogens is 444 g/mol. The van der Waals surface area contributed by atoms with Gasteiger partial charge in [0.25, 0.3) is 0 Å². The zero-order chi connectivity index (χ0) is 25.9. The minimum atomic E-state index is -0.867. The third kappa shape index (κ3) is 4.38. The molecule has 0 aromatic heterocycles. The highest BCUT2D eigenvalue weighted by Gasteiger charge is 2.63. The van der Waals surface area contributed by atoms with Gasteiger partial charge in [0, 0.05) is 0 Å². The lowest BCUT2D eigenvalue weighted by Crippen LogP contribution is -2.55. The lowest BCUT2D eigenvalue weighted by Gasteiger charge is -2.56. The molecule has 4 rings (SSSR count). The number of aliphatic hydroxyl groups excluding tert-OH is 4. The van der Waals surface area contributed by atoms with Crippen LogP contribution in [0.2, 0.25) is 0 Å². The van der Waals surface area contributed by atoms with Crippen LogP contribution in [0.3, 0.4) is 0 Å². The van der Waals surface area contributed by atoms with Crippen LogP contribution in [0.25, 0.3) is 0 Å². The monoisotopic (exact) mass is 494 g/mol. The van der Waals surface area contributed by atoms with E-state index in [-0.39, 0.29) is 52.8 Å². The minimum absolute atomic E-state index is 0.00679. The van der Waals surface area contributed by atoms with E-state index in [1.807, 2.05) is 0 Å². The molecule has 6 nitrogen and oxygen atoms in total. The Kier molecular flexibility index (Phi) is 7.72. The first-order valence-electron chi connectivity index (χ1n) is 14.3. The number of cyclic esters (lactones) is 1. The summed E-state index contributed by atoms with van der Waals surface area (Å²) in [6.45, 7) is 13.4. The van der Waals surface area contributed by atoms with Gasteiger partial charge in [-0.05, 0) is 90.8 Å². The first kappa shape index (κ1) is 27.3. The number of rotatable bonds is 6. The highest BCUT2D eigenvalue weighted by molar-refractivity contribution is 5.74. The predicted molar refractivity (Wildman–Crippen MR) is 134 cm³/mol. The SMILES string of the molecule is CC[C@@H](C(C)C)[C@@H](O)[C@H](O)[C@@H](C)[C@H]1CCC2C3COC(=O)[C@H]4C[C@H](O)[C@H](O)C[C@]4(C)C3CC[C@@]21C. The van der Waals surface area contributed by atoms with Crippen LogP contribution in [0.5, 0.6) is 0 Å². The Balaban J connectivity index is 1.57. The first-order chi connectivity index (χ1) is 16.4. The first-order valence-corrected chi connectivity index (χ1v) is 14.3.